The van der Waals surface area contributed by atoms with Crippen LogP contribution in [0.1, 0.15) is 21.5 Å². The molecule has 98 valence electrons. The van der Waals surface area contributed by atoms with Crippen molar-refractivity contribution in [3.63, 3.8) is 0 Å². The van der Waals surface area contributed by atoms with Gasteiger partial charge in [-0.1, -0.05) is 15.9 Å². The van der Waals surface area contributed by atoms with Crippen LogP contribution in [0, 0.1) is 13.8 Å². The standard InChI is InChI=1S/C15H15BrN2O/c1-9-5-11(16)8-13(6-9)18-15(19)14-4-3-12(17)7-10(14)2/h3-8H,17H2,1-2H3,(H,18,19). The van der Waals surface area contributed by atoms with Crippen LogP contribution in [0.15, 0.2) is 40.9 Å². The Hall–Kier alpha value is -1.81. The van der Waals surface area contributed by atoms with Gasteiger partial charge in [0.05, 0.1) is 0 Å². The number of hydrogen-bond acceptors (Lipinski definition) is 2. The summed E-state index contributed by atoms with van der Waals surface area (Å²) in [7, 11) is 0. The van der Waals surface area contributed by atoms with E-state index >= 15 is 0 Å². The molecule has 0 radical (unpaired) electrons. The van der Waals surface area contributed by atoms with Crippen LogP contribution < -0.4 is 11.1 Å². The normalized spacial score (nSPS) is 10.3. The largest absolute Gasteiger partial charge is 0.399 e. The van der Waals surface area contributed by atoms with Crippen molar-refractivity contribution in [3.8, 4) is 0 Å². The molecule has 0 fully saturated rings. The van der Waals surface area contributed by atoms with Crippen LogP contribution in [0.3, 0.4) is 0 Å². The summed E-state index contributed by atoms with van der Waals surface area (Å²) in [6.45, 7) is 3.85. The van der Waals surface area contributed by atoms with Crippen molar-refractivity contribution in [1.82, 2.24) is 0 Å². The van der Waals surface area contributed by atoms with E-state index in [2.05, 4.69) is 21.2 Å². The fourth-order valence-corrected chi connectivity index (χ4v) is 2.56. The lowest BCUT2D eigenvalue weighted by molar-refractivity contribution is 0.102. The predicted octanol–water partition coefficient (Wildman–Crippen LogP) is 3.90. The summed E-state index contributed by atoms with van der Waals surface area (Å²) in [6.07, 6.45) is 0. The summed E-state index contributed by atoms with van der Waals surface area (Å²) >= 11 is 3.42. The van der Waals surface area contributed by atoms with Crippen LogP contribution in [0.4, 0.5) is 11.4 Å². The van der Waals surface area contributed by atoms with Gasteiger partial charge in [0.25, 0.3) is 5.91 Å². The Morgan fingerprint density at radius 3 is 2.53 bits per heavy atom. The number of anilines is 2. The molecule has 0 aliphatic rings. The zero-order valence-electron chi connectivity index (χ0n) is 10.8. The highest BCUT2D eigenvalue weighted by Gasteiger charge is 2.09. The van der Waals surface area contributed by atoms with Crippen LogP contribution in [-0.4, -0.2) is 5.91 Å². The van der Waals surface area contributed by atoms with Gasteiger partial charge in [0, 0.05) is 21.4 Å². The lowest BCUT2D eigenvalue weighted by Crippen LogP contribution is -2.13. The number of halogens is 1. The van der Waals surface area contributed by atoms with E-state index in [4.69, 9.17) is 5.73 Å². The molecule has 0 spiro atoms. The molecule has 0 aliphatic carbocycles. The molecule has 4 heteroatoms. The number of hydrogen-bond donors (Lipinski definition) is 2. The van der Waals surface area contributed by atoms with E-state index in [1.165, 1.54) is 0 Å². The highest BCUT2D eigenvalue weighted by Crippen LogP contribution is 2.20. The summed E-state index contributed by atoms with van der Waals surface area (Å²) in [4.78, 5) is 12.2. The third-order valence-electron chi connectivity index (χ3n) is 2.80. The maximum atomic E-state index is 12.2. The zero-order valence-corrected chi connectivity index (χ0v) is 12.4. The molecule has 0 saturated heterocycles. The summed E-state index contributed by atoms with van der Waals surface area (Å²) in [5.41, 5.74) is 9.69. The second kappa shape index (κ2) is 5.45. The van der Waals surface area contributed by atoms with Crippen molar-refractivity contribution in [2.75, 3.05) is 11.1 Å². The first-order chi connectivity index (χ1) is 8.95. The lowest BCUT2D eigenvalue weighted by Gasteiger charge is -2.09. The minimum absolute atomic E-state index is 0.130. The van der Waals surface area contributed by atoms with E-state index in [1.807, 2.05) is 32.0 Å². The van der Waals surface area contributed by atoms with Gasteiger partial charge in [-0.3, -0.25) is 4.79 Å². The second-order valence-corrected chi connectivity index (χ2v) is 5.46. The minimum atomic E-state index is -0.130. The van der Waals surface area contributed by atoms with Crippen LogP contribution in [-0.2, 0) is 0 Å². The Morgan fingerprint density at radius 1 is 1.16 bits per heavy atom. The SMILES string of the molecule is Cc1cc(Br)cc(NC(=O)c2ccc(N)cc2C)c1. The number of nitrogens with one attached hydrogen (secondary N) is 1. The molecule has 0 aromatic heterocycles. The highest BCUT2D eigenvalue weighted by atomic mass is 79.9. The van der Waals surface area contributed by atoms with Crippen molar-refractivity contribution in [3.05, 3.63) is 57.6 Å². The van der Waals surface area contributed by atoms with E-state index in [-0.39, 0.29) is 5.91 Å². The van der Waals surface area contributed by atoms with Gasteiger partial charge in [-0.25, -0.2) is 0 Å². The minimum Gasteiger partial charge on any atom is -0.399 e. The quantitative estimate of drug-likeness (QED) is 0.825. The molecule has 2 aromatic carbocycles. The zero-order chi connectivity index (χ0) is 14.0. The fourth-order valence-electron chi connectivity index (χ4n) is 1.95. The number of nitrogens with two attached hydrogens (primary N) is 1. The van der Waals surface area contributed by atoms with Crippen LogP contribution in [0.25, 0.3) is 0 Å². The molecule has 0 aliphatic heterocycles. The number of rotatable bonds is 2. The monoisotopic (exact) mass is 318 g/mol. The molecule has 3 N–H and O–H groups in total. The smallest absolute Gasteiger partial charge is 0.255 e. The van der Waals surface area contributed by atoms with Crippen molar-refractivity contribution < 1.29 is 4.79 Å². The molecule has 19 heavy (non-hydrogen) atoms. The van der Waals surface area contributed by atoms with Gasteiger partial charge in [0.2, 0.25) is 0 Å². The van der Waals surface area contributed by atoms with Gasteiger partial charge in [0.15, 0.2) is 0 Å². The summed E-state index contributed by atoms with van der Waals surface area (Å²) in [6, 6.07) is 11.1. The van der Waals surface area contributed by atoms with Gasteiger partial charge in [-0.2, -0.15) is 0 Å². The first kappa shape index (κ1) is 13.6. The number of nitrogen functional groups attached to an aromatic ring is 1. The Bertz CT molecular complexity index is 618. The maximum absolute atomic E-state index is 12.2. The van der Waals surface area contributed by atoms with E-state index in [0.717, 1.165) is 21.3 Å². The molecular weight excluding hydrogens is 304 g/mol. The molecule has 0 unspecified atom stereocenters. The Kier molecular flexibility index (Phi) is 3.90. The van der Waals surface area contributed by atoms with Crippen molar-refractivity contribution in [2.24, 2.45) is 0 Å². The second-order valence-electron chi connectivity index (χ2n) is 4.55. The van der Waals surface area contributed by atoms with Crippen molar-refractivity contribution in [2.45, 2.75) is 13.8 Å². The average Bonchev–Trinajstić information content (AvgIpc) is 2.26. The van der Waals surface area contributed by atoms with Gasteiger partial charge in [0.1, 0.15) is 0 Å². The third kappa shape index (κ3) is 3.35. The number of carbonyl (C=O) groups excluding carboxylic acids is 1. The van der Waals surface area contributed by atoms with Crippen molar-refractivity contribution >= 4 is 33.2 Å². The van der Waals surface area contributed by atoms with E-state index in [1.54, 1.807) is 18.2 Å². The first-order valence-corrected chi connectivity index (χ1v) is 6.69. The molecule has 3 nitrogen and oxygen atoms in total. The van der Waals surface area contributed by atoms with Gasteiger partial charge >= 0.3 is 0 Å². The summed E-state index contributed by atoms with van der Waals surface area (Å²) in [5.74, 6) is -0.130. The lowest BCUT2D eigenvalue weighted by atomic mass is 10.1. The van der Waals surface area contributed by atoms with Crippen LogP contribution >= 0.6 is 15.9 Å². The summed E-state index contributed by atoms with van der Waals surface area (Å²) < 4.78 is 0.942. The Morgan fingerprint density at radius 2 is 1.89 bits per heavy atom. The number of amides is 1. The molecule has 0 heterocycles. The highest BCUT2D eigenvalue weighted by molar-refractivity contribution is 9.10. The molecule has 2 aromatic rings. The Labute approximate surface area is 121 Å². The molecular formula is C15H15BrN2O. The van der Waals surface area contributed by atoms with Crippen molar-refractivity contribution in [1.29, 1.82) is 0 Å². The number of aryl methyl sites for hydroxylation is 2. The van der Waals surface area contributed by atoms with Crippen LogP contribution in [0.5, 0.6) is 0 Å². The molecule has 1 amide bonds. The van der Waals surface area contributed by atoms with E-state index < -0.39 is 0 Å². The number of carbonyl (C=O) groups is 1. The topological polar surface area (TPSA) is 55.1 Å². The van der Waals surface area contributed by atoms with E-state index in [0.29, 0.717) is 11.3 Å². The molecule has 0 saturated carbocycles. The molecule has 0 atom stereocenters. The number of benzene rings is 2. The van der Waals surface area contributed by atoms with Gasteiger partial charge < -0.3 is 11.1 Å². The average molecular weight is 319 g/mol. The molecule has 2 rings (SSSR count). The van der Waals surface area contributed by atoms with E-state index in [9.17, 15) is 4.79 Å². The van der Waals surface area contributed by atoms with Crippen LogP contribution in [0.2, 0.25) is 0 Å². The Balaban J connectivity index is 2.25. The third-order valence-corrected chi connectivity index (χ3v) is 3.25. The fraction of sp³-hybridized carbons (Fsp3) is 0.133. The maximum Gasteiger partial charge on any atom is 0.255 e. The first-order valence-electron chi connectivity index (χ1n) is 5.90. The summed E-state index contributed by atoms with van der Waals surface area (Å²) in [5, 5.41) is 2.89. The predicted molar refractivity (Wildman–Crippen MR) is 82.4 cm³/mol. The van der Waals surface area contributed by atoms with Gasteiger partial charge in [-0.05, 0) is 61.4 Å². The molecule has 0 bridgehead atoms. The van der Waals surface area contributed by atoms with Gasteiger partial charge in [-0.15, -0.1) is 0 Å².